The molecule has 1 atom stereocenters. The second kappa shape index (κ2) is 6.43. The monoisotopic (exact) mass is 348 g/mol. The van der Waals surface area contributed by atoms with Crippen molar-refractivity contribution in [2.75, 3.05) is 13.1 Å². The number of rotatable bonds is 3. The summed E-state index contributed by atoms with van der Waals surface area (Å²) in [6.45, 7) is 11.3. The van der Waals surface area contributed by atoms with E-state index in [0.29, 0.717) is 0 Å². The molecule has 1 fully saturated rings. The number of nitrogens with zero attached hydrogens (tertiary/aromatic N) is 1. The van der Waals surface area contributed by atoms with Crippen LogP contribution in [-0.4, -0.2) is 40.4 Å². The lowest BCUT2D eigenvalue weighted by atomic mass is 9.85. The lowest BCUT2D eigenvalue weighted by Crippen LogP contribution is -2.53. The van der Waals surface area contributed by atoms with Crippen LogP contribution < -0.4 is 5.43 Å². The van der Waals surface area contributed by atoms with Crippen molar-refractivity contribution in [2.45, 2.75) is 57.9 Å². The van der Waals surface area contributed by atoms with E-state index >= 15 is 0 Å². The van der Waals surface area contributed by atoms with Gasteiger partial charge in [0.25, 0.3) is 5.91 Å². The number of nitrogens with one attached hydrogen (secondary N) is 1. The minimum absolute atomic E-state index is 0.180. The Hall–Kier alpha value is -0.620. The highest BCUT2D eigenvalue weighted by Gasteiger charge is 2.32. The molecule has 0 bridgehead atoms. The number of halogens is 1. The molecule has 116 valence electrons. The van der Waals surface area contributed by atoms with Gasteiger partial charge in [-0.25, -0.2) is 5.01 Å². The first kappa shape index (κ1) is 17.4. The van der Waals surface area contributed by atoms with Crippen LogP contribution in [0.3, 0.4) is 0 Å². The second-order valence-electron chi connectivity index (χ2n) is 7.06. The van der Waals surface area contributed by atoms with Crippen molar-refractivity contribution < 1.29 is 14.3 Å². The summed E-state index contributed by atoms with van der Waals surface area (Å²) in [5, 5.41) is 1.88. The summed E-state index contributed by atoms with van der Waals surface area (Å²) in [5.74, 6) is -0.941. The summed E-state index contributed by atoms with van der Waals surface area (Å²) in [6.07, 6.45) is 2.18. The van der Waals surface area contributed by atoms with E-state index in [1.165, 1.54) is 0 Å². The first-order valence-electron chi connectivity index (χ1n) is 6.93. The van der Waals surface area contributed by atoms with Crippen LogP contribution in [0.1, 0.15) is 47.5 Å². The molecule has 1 aliphatic heterocycles. The van der Waals surface area contributed by atoms with E-state index in [1.807, 2.05) is 5.01 Å². The van der Waals surface area contributed by atoms with Gasteiger partial charge in [0.1, 0.15) is 5.60 Å². The van der Waals surface area contributed by atoms with Gasteiger partial charge in [-0.15, -0.1) is 0 Å². The van der Waals surface area contributed by atoms with E-state index in [4.69, 9.17) is 4.74 Å². The molecule has 1 unspecified atom stereocenters. The quantitative estimate of drug-likeness (QED) is 0.482. The molecule has 20 heavy (non-hydrogen) atoms. The molecule has 0 aliphatic carbocycles. The van der Waals surface area contributed by atoms with E-state index in [-0.39, 0.29) is 11.3 Å². The average Bonchev–Trinajstić information content (AvgIpc) is 2.24. The average molecular weight is 349 g/mol. The van der Waals surface area contributed by atoms with Gasteiger partial charge in [-0.1, -0.05) is 29.8 Å². The summed E-state index contributed by atoms with van der Waals surface area (Å²) in [7, 11) is 0. The van der Waals surface area contributed by atoms with Gasteiger partial charge in [-0.05, 0) is 39.0 Å². The van der Waals surface area contributed by atoms with E-state index in [0.717, 1.165) is 25.9 Å². The van der Waals surface area contributed by atoms with Crippen LogP contribution in [0.5, 0.6) is 0 Å². The fourth-order valence-corrected chi connectivity index (χ4v) is 2.39. The molecule has 0 aromatic carbocycles. The Bertz CT molecular complexity index is 377. The molecule has 0 aromatic rings. The number of esters is 1. The van der Waals surface area contributed by atoms with E-state index < -0.39 is 16.4 Å². The molecule has 1 amide bonds. The van der Waals surface area contributed by atoms with Gasteiger partial charge >= 0.3 is 5.97 Å². The van der Waals surface area contributed by atoms with Crippen LogP contribution in [0.4, 0.5) is 0 Å². The Morgan fingerprint density at radius 2 is 1.95 bits per heavy atom. The molecule has 0 spiro atoms. The van der Waals surface area contributed by atoms with E-state index in [2.05, 4.69) is 35.2 Å². The second-order valence-corrected chi connectivity index (χ2v) is 7.98. The van der Waals surface area contributed by atoms with Gasteiger partial charge in [0.05, 0.1) is 0 Å². The molecule has 0 saturated carbocycles. The number of carbonyl (C=O) groups excluding carboxylic acids is 2. The molecule has 6 heteroatoms. The van der Waals surface area contributed by atoms with Gasteiger partial charge in [0.15, 0.2) is 4.83 Å². The van der Waals surface area contributed by atoms with Crippen molar-refractivity contribution in [3.05, 3.63) is 0 Å². The normalized spacial score (nSPS) is 21.1. The zero-order chi connectivity index (χ0) is 15.6. The number of hydrazine groups is 1. The molecular weight excluding hydrogens is 324 g/mol. The summed E-state index contributed by atoms with van der Waals surface area (Å²) >= 11 is 3.10. The van der Waals surface area contributed by atoms with Crippen LogP contribution in [-0.2, 0) is 14.3 Å². The van der Waals surface area contributed by atoms with Crippen LogP contribution in [0.15, 0.2) is 0 Å². The molecule has 1 rings (SSSR count). The first-order chi connectivity index (χ1) is 9.00. The van der Waals surface area contributed by atoms with Gasteiger partial charge in [-0.2, -0.15) is 0 Å². The van der Waals surface area contributed by atoms with Crippen molar-refractivity contribution in [3.8, 4) is 0 Å². The van der Waals surface area contributed by atoms with Crippen LogP contribution in [0.2, 0.25) is 0 Å². The molecule has 5 nitrogen and oxygen atoms in total. The third-order valence-electron chi connectivity index (χ3n) is 3.01. The number of carbonyl (C=O) groups is 2. The molecule has 1 aliphatic rings. The Balaban J connectivity index is 2.51. The van der Waals surface area contributed by atoms with E-state index in [9.17, 15) is 9.59 Å². The number of amides is 1. The predicted octanol–water partition coefficient (Wildman–Crippen LogP) is 2.24. The highest BCUT2D eigenvalue weighted by atomic mass is 79.9. The van der Waals surface area contributed by atoms with Crippen molar-refractivity contribution in [3.63, 3.8) is 0 Å². The van der Waals surface area contributed by atoms with Gasteiger partial charge in [-0.3, -0.25) is 15.0 Å². The highest BCUT2D eigenvalue weighted by Crippen LogP contribution is 2.27. The third-order valence-corrected chi connectivity index (χ3v) is 3.80. The van der Waals surface area contributed by atoms with Crippen LogP contribution >= 0.6 is 15.9 Å². The fourth-order valence-electron chi connectivity index (χ4n) is 2.19. The lowest BCUT2D eigenvalue weighted by molar-refractivity contribution is -0.156. The molecule has 0 radical (unpaired) electrons. The Kier molecular flexibility index (Phi) is 5.61. The number of hydrogen-bond donors (Lipinski definition) is 1. The highest BCUT2D eigenvalue weighted by molar-refractivity contribution is 9.10. The SMILES string of the molecule is CC1(C)CCCN(NC(=O)C(Br)C(=O)OC(C)(C)C)C1. The smallest absolute Gasteiger partial charge is 0.330 e. The summed E-state index contributed by atoms with van der Waals surface area (Å²) < 4.78 is 5.19. The van der Waals surface area contributed by atoms with Gasteiger partial charge in [0.2, 0.25) is 0 Å². The lowest BCUT2D eigenvalue weighted by Gasteiger charge is -2.38. The van der Waals surface area contributed by atoms with Crippen LogP contribution in [0, 0.1) is 5.41 Å². The van der Waals surface area contributed by atoms with Crippen LogP contribution in [0.25, 0.3) is 0 Å². The molecule has 1 N–H and O–H groups in total. The molecule has 1 heterocycles. The minimum Gasteiger partial charge on any atom is -0.459 e. The molecule has 1 saturated heterocycles. The maximum Gasteiger partial charge on any atom is 0.330 e. The Morgan fingerprint density at radius 3 is 2.45 bits per heavy atom. The standard InChI is InChI=1S/C14H25BrN2O3/c1-13(2,3)20-12(19)10(15)11(18)16-17-8-6-7-14(4,5)9-17/h10H,6-9H2,1-5H3,(H,16,18). The Morgan fingerprint density at radius 1 is 1.35 bits per heavy atom. The zero-order valence-electron chi connectivity index (χ0n) is 13.0. The predicted molar refractivity (Wildman–Crippen MR) is 81.3 cm³/mol. The fraction of sp³-hybridized carbons (Fsp3) is 0.857. The number of alkyl halides is 1. The largest absolute Gasteiger partial charge is 0.459 e. The maximum atomic E-state index is 12.0. The molecular formula is C14H25BrN2O3. The number of hydrogen-bond acceptors (Lipinski definition) is 4. The number of piperidine rings is 1. The van der Waals surface area contributed by atoms with Gasteiger partial charge < -0.3 is 4.74 Å². The molecule has 0 aromatic heterocycles. The topological polar surface area (TPSA) is 58.6 Å². The zero-order valence-corrected chi connectivity index (χ0v) is 14.5. The summed E-state index contributed by atoms with van der Waals surface area (Å²) in [4.78, 5) is 22.9. The minimum atomic E-state index is -0.980. The van der Waals surface area contributed by atoms with Crippen molar-refractivity contribution >= 4 is 27.8 Å². The van der Waals surface area contributed by atoms with Crippen molar-refractivity contribution in [2.24, 2.45) is 5.41 Å². The van der Waals surface area contributed by atoms with Crippen molar-refractivity contribution in [1.82, 2.24) is 10.4 Å². The van der Waals surface area contributed by atoms with E-state index in [1.54, 1.807) is 20.8 Å². The summed E-state index contributed by atoms with van der Waals surface area (Å²) in [6, 6.07) is 0. The number of ether oxygens (including phenoxy) is 1. The Labute approximate surface area is 129 Å². The first-order valence-corrected chi connectivity index (χ1v) is 7.84. The third kappa shape index (κ3) is 5.79. The summed E-state index contributed by atoms with van der Waals surface area (Å²) in [5.41, 5.74) is 2.37. The van der Waals surface area contributed by atoms with Crippen molar-refractivity contribution in [1.29, 1.82) is 0 Å². The van der Waals surface area contributed by atoms with Gasteiger partial charge in [0, 0.05) is 13.1 Å². The maximum absolute atomic E-state index is 12.0.